The highest BCUT2D eigenvalue weighted by molar-refractivity contribution is 5.98. The Morgan fingerprint density at radius 2 is 2.39 bits per heavy atom. The van der Waals surface area contributed by atoms with E-state index in [4.69, 9.17) is 4.74 Å². The van der Waals surface area contributed by atoms with Gasteiger partial charge < -0.3 is 15.0 Å². The first-order valence-electron chi connectivity index (χ1n) is 7.95. The Morgan fingerprint density at radius 1 is 1.57 bits per heavy atom. The molecule has 0 unspecified atom stereocenters. The summed E-state index contributed by atoms with van der Waals surface area (Å²) in [5.74, 6) is -0.540. The van der Waals surface area contributed by atoms with Crippen molar-refractivity contribution in [2.45, 2.75) is 25.9 Å². The largest absolute Gasteiger partial charge is 0.379 e. The van der Waals surface area contributed by atoms with E-state index in [1.165, 1.54) is 6.07 Å². The zero-order chi connectivity index (χ0) is 16.4. The van der Waals surface area contributed by atoms with E-state index in [1.807, 2.05) is 0 Å². The average Bonchev–Trinajstić information content (AvgIpc) is 2.98. The number of carbonyl (C=O) groups is 1. The van der Waals surface area contributed by atoms with E-state index < -0.39 is 0 Å². The minimum Gasteiger partial charge on any atom is -0.379 e. The van der Waals surface area contributed by atoms with Gasteiger partial charge in [0, 0.05) is 36.1 Å². The summed E-state index contributed by atoms with van der Waals surface area (Å²) in [6.07, 6.45) is 0. The maximum atomic E-state index is 13.7. The van der Waals surface area contributed by atoms with Crippen LogP contribution in [0, 0.1) is 5.82 Å². The van der Waals surface area contributed by atoms with Gasteiger partial charge in [0.2, 0.25) is 0 Å². The normalized spacial score (nSPS) is 20.6. The molecule has 3 rings (SSSR count). The molecule has 1 aliphatic rings. The van der Waals surface area contributed by atoms with E-state index in [9.17, 15) is 9.18 Å². The Balaban J connectivity index is 1.63. The van der Waals surface area contributed by atoms with Gasteiger partial charge in [-0.05, 0) is 32.0 Å². The van der Waals surface area contributed by atoms with Gasteiger partial charge in [-0.3, -0.25) is 9.69 Å². The van der Waals surface area contributed by atoms with Crippen LogP contribution in [-0.2, 0) is 4.74 Å². The first-order chi connectivity index (χ1) is 11.1. The number of H-pyrrole nitrogens is 1. The molecule has 6 heteroatoms. The van der Waals surface area contributed by atoms with E-state index in [1.54, 1.807) is 18.2 Å². The minimum atomic E-state index is -0.326. The Bertz CT molecular complexity index is 700. The van der Waals surface area contributed by atoms with Crippen LogP contribution in [-0.4, -0.2) is 54.2 Å². The summed E-state index contributed by atoms with van der Waals surface area (Å²) in [6, 6.07) is 6.89. The lowest BCUT2D eigenvalue weighted by Crippen LogP contribution is -2.51. The van der Waals surface area contributed by atoms with Gasteiger partial charge in [0.05, 0.1) is 13.2 Å². The van der Waals surface area contributed by atoms with E-state index in [0.717, 1.165) is 19.8 Å². The van der Waals surface area contributed by atoms with Crippen molar-refractivity contribution in [1.29, 1.82) is 0 Å². The van der Waals surface area contributed by atoms with Crippen LogP contribution < -0.4 is 5.32 Å². The third kappa shape index (κ3) is 3.38. The zero-order valence-corrected chi connectivity index (χ0v) is 13.4. The summed E-state index contributed by atoms with van der Waals surface area (Å²) >= 11 is 0. The van der Waals surface area contributed by atoms with Crippen molar-refractivity contribution in [2.24, 2.45) is 0 Å². The van der Waals surface area contributed by atoms with Crippen LogP contribution >= 0.6 is 0 Å². The van der Waals surface area contributed by atoms with Crippen molar-refractivity contribution in [2.75, 3.05) is 26.3 Å². The van der Waals surface area contributed by atoms with Crippen molar-refractivity contribution in [3.8, 4) is 0 Å². The fourth-order valence-corrected chi connectivity index (χ4v) is 3.09. The minimum absolute atomic E-state index is 0.214. The zero-order valence-electron chi connectivity index (χ0n) is 13.4. The van der Waals surface area contributed by atoms with Crippen LogP contribution in [0.2, 0.25) is 0 Å². The monoisotopic (exact) mass is 319 g/mol. The summed E-state index contributed by atoms with van der Waals surface area (Å²) in [6.45, 7) is 7.07. The Hall–Kier alpha value is -1.92. The number of ether oxygens (including phenoxy) is 1. The van der Waals surface area contributed by atoms with Gasteiger partial charge in [-0.1, -0.05) is 6.07 Å². The number of amides is 1. The Kier molecular flexibility index (Phi) is 4.63. The molecule has 0 bridgehead atoms. The third-order valence-corrected chi connectivity index (χ3v) is 4.40. The van der Waals surface area contributed by atoms with Crippen molar-refractivity contribution >= 4 is 16.8 Å². The highest BCUT2D eigenvalue weighted by Gasteiger charge is 2.24. The standard InChI is InChI=1S/C17H22FN3O2/c1-11(21-6-7-23-10-12(21)2)9-19-17(22)16-8-13-14(18)4-3-5-15(13)20-16/h3-5,8,11-12,20H,6-7,9-10H2,1-2H3,(H,19,22)/t11-,12+/m1/s1. The number of aromatic amines is 1. The van der Waals surface area contributed by atoms with Gasteiger partial charge >= 0.3 is 0 Å². The number of carbonyl (C=O) groups excluding carboxylic acids is 1. The molecular weight excluding hydrogens is 297 g/mol. The molecule has 23 heavy (non-hydrogen) atoms. The summed E-state index contributed by atoms with van der Waals surface area (Å²) in [4.78, 5) is 17.6. The van der Waals surface area contributed by atoms with Gasteiger partial charge in [-0.15, -0.1) is 0 Å². The van der Waals surface area contributed by atoms with E-state index in [-0.39, 0.29) is 17.8 Å². The van der Waals surface area contributed by atoms with Crippen LogP contribution in [0.25, 0.3) is 10.9 Å². The molecule has 2 atom stereocenters. The Labute approximate surface area is 134 Å². The molecule has 0 aliphatic carbocycles. The molecule has 1 amide bonds. The molecule has 1 fully saturated rings. The van der Waals surface area contributed by atoms with Crippen LogP contribution in [0.3, 0.4) is 0 Å². The number of benzene rings is 1. The number of hydrogen-bond acceptors (Lipinski definition) is 3. The number of hydrogen-bond donors (Lipinski definition) is 2. The molecule has 1 aliphatic heterocycles. The maximum absolute atomic E-state index is 13.7. The molecule has 0 saturated carbocycles. The van der Waals surface area contributed by atoms with Gasteiger partial charge in [0.15, 0.2) is 0 Å². The first-order valence-corrected chi connectivity index (χ1v) is 7.95. The fourth-order valence-electron chi connectivity index (χ4n) is 3.09. The van der Waals surface area contributed by atoms with Gasteiger partial charge in [-0.25, -0.2) is 4.39 Å². The molecule has 1 saturated heterocycles. The Morgan fingerprint density at radius 3 is 3.13 bits per heavy atom. The van der Waals surface area contributed by atoms with Crippen LogP contribution in [0.4, 0.5) is 4.39 Å². The van der Waals surface area contributed by atoms with Crippen LogP contribution in [0.1, 0.15) is 24.3 Å². The molecular formula is C17H22FN3O2. The lowest BCUT2D eigenvalue weighted by Gasteiger charge is -2.37. The van der Waals surface area contributed by atoms with Crippen LogP contribution in [0.15, 0.2) is 24.3 Å². The van der Waals surface area contributed by atoms with Crippen LogP contribution in [0.5, 0.6) is 0 Å². The average molecular weight is 319 g/mol. The fraction of sp³-hybridized carbons (Fsp3) is 0.471. The maximum Gasteiger partial charge on any atom is 0.267 e. The van der Waals surface area contributed by atoms with Crippen molar-refractivity contribution in [3.63, 3.8) is 0 Å². The molecule has 1 aromatic carbocycles. The van der Waals surface area contributed by atoms with Gasteiger partial charge in [0.1, 0.15) is 11.5 Å². The van der Waals surface area contributed by atoms with Gasteiger partial charge in [0.25, 0.3) is 5.91 Å². The molecule has 5 nitrogen and oxygen atoms in total. The van der Waals surface area contributed by atoms with E-state index in [0.29, 0.717) is 29.2 Å². The molecule has 2 aromatic rings. The first kappa shape index (κ1) is 16.0. The van der Waals surface area contributed by atoms with E-state index in [2.05, 4.69) is 29.0 Å². The second-order valence-corrected chi connectivity index (χ2v) is 6.10. The molecule has 0 radical (unpaired) electrons. The summed E-state index contributed by atoms with van der Waals surface area (Å²) in [5.41, 5.74) is 1.01. The molecule has 0 spiro atoms. The topological polar surface area (TPSA) is 57.4 Å². The highest BCUT2D eigenvalue weighted by atomic mass is 19.1. The van der Waals surface area contributed by atoms with Crippen molar-refractivity contribution in [1.82, 2.24) is 15.2 Å². The number of nitrogens with one attached hydrogen (secondary N) is 2. The highest BCUT2D eigenvalue weighted by Crippen LogP contribution is 2.18. The summed E-state index contributed by atoms with van der Waals surface area (Å²) in [5, 5.41) is 3.36. The molecule has 2 N–H and O–H groups in total. The summed E-state index contributed by atoms with van der Waals surface area (Å²) in [7, 11) is 0. The quantitative estimate of drug-likeness (QED) is 0.908. The molecule has 2 heterocycles. The van der Waals surface area contributed by atoms with Gasteiger partial charge in [-0.2, -0.15) is 0 Å². The number of fused-ring (bicyclic) bond motifs is 1. The predicted octanol–water partition coefficient (Wildman–Crippen LogP) is 2.15. The SMILES string of the molecule is C[C@H](CNC(=O)c1cc2c(F)cccc2[nH]1)N1CCOC[C@@H]1C. The second-order valence-electron chi connectivity index (χ2n) is 6.10. The number of rotatable bonds is 4. The predicted molar refractivity (Wildman–Crippen MR) is 87.0 cm³/mol. The van der Waals surface area contributed by atoms with Crippen molar-refractivity contribution in [3.05, 3.63) is 35.8 Å². The van der Waals surface area contributed by atoms with Crippen molar-refractivity contribution < 1.29 is 13.9 Å². The lowest BCUT2D eigenvalue weighted by molar-refractivity contribution is -0.0178. The number of halogens is 1. The number of nitrogens with zero attached hydrogens (tertiary/aromatic N) is 1. The number of morpholine rings is 1. The molecule has 124 valence electrons. The third-order valence-electron chi connectivity index (χ3n) is 4.40. The second kappa shape index (κ2) is 6.68. The number of aromatic nitrogens is 1. The van der Waals surface area contributed by atoms with E-state index >= 15 is 0 Å². The molecule has 1 aromatic heterocycles. The smallest absolute Gasteiger partial charge is 0.267 e. The lowest BCUT2D eigenvalue weighted by atomic mass is 10.2. The summed E-state index contributed by atoms with van der Waals surface area (Å²) < 4.78 is 19.1.